The van der Waals surface area contributed by atoms with Crippen molar-refractivity contribution in [1.29, 1.82) is 0 Å². The Morgan fingerprint density at radius 2 is 2.03 bits per heavy atom. The number of anilines is 1. The number of nitrogens with zero attached hydrogens (tertiary/aromatic N) is 4. The van der Waals surface area contributed by atoms with Crippen LogP contribution in [0.2, 0.25) is 0 Å². The molecule has 0 spiro atoms. The molecule has 4 aromatic rings. The molecule has 3 aromatic heterocycles. The number of hydrogen-bond acceptors (Lipinski definition) is 6. The van der Waals surface area contributed by atoms with Crippen molar-refractivity contribution in [3.63, 3.8) is 0 Å². The number of methoxy groups -OCH3 is 1. The van der Waals surface area contributed by atoms with E-state index in [4.69, 9.17) is 14.1 Å². The molecule has 0 bridgehead atoms. The van der Waals surface area contributed by atoms with Gasteiger partial charge in [0, 0.05) is 17.7 Å². The fourth-order valence-corrected chi connectivity index (χ4v) is 4.25. The van der Waals surface area contributed by atoms with E-state index in [0.717, 1.165) is 18.5 Å². The van der Waals surface area contributed by atoms with Crippen LogP contribution in [-0.4, -0.2) is 45.1 Å². The van der Waals surface area contributed by atoms with Gasteiger partial charge in [0.25, 0.3) is 5.91 Å². The van der Waals surface area contributed by atoms with Gasteiger partial charge in [-0.3, -0.25) is 9.59 Å². The van der Waals surface area contributed by atoms with E-state index < -0.39 is 0 Å². The average Bonchev–Trinajstić information content (AvgIpc) is 3.42. The van der Waals surface area contributed by atoms with Crippen molar-refractivity contribution < 1.29 is 18.7 Å². The molecule has 5 rings (SSSR count). The second kappa shape index (κ2) is 9.85. The predicted octanol–water partition coefficient (Wildman–Crippen LogP) is 4.77. The molecule has 9 heteroatoms. The zero-order chi connectivity index (χ0) is 25.2. The van der Waals surface area contributed by atoms with Crippen molar-refractivity contribution in [2.24, 2.45) is 0 Å². The molecule has 1 aliphatic rings. The minimum absolute atomic E-state index is 0.0956. The van der Waals surface area contributed by atoms with Gasteiger partial charge in [0.05, 0.1) is 42.8 Å². The molecule has 186 valence electrons. The summed E-state index contributed by atoms with van der Waals surface area (Å²) in [5, 5.41) is 8.03. The van der Waals surface area contributed by atoms with Crippen LogP contribution >= 0.6 is 0 Å². The van der Waals surface area contributed by atoms with Gasteiger partial charge in [-0.25, -0.2) is 9.67 Å². The Hall–Kier alpha value is -4.14. The number of furan rings is 1. The van der Waals surface area contributed by atoms with Gasteiger partial charge in [0.15, 0.2) is 5.65 Å². The van der Waals surface area contributed by atoms with Gasteiger partial charge < -0.3 is 19.4 Å². The van der Waals surface area contributed by atoms with Crippen molar-refractivity contribution in [3.8, 4) is 5.75 Å². The molecule has 1 aromatic carbocycles. The number of pyridine rings is 1. The van der Waals surface area contributed by atoms with E-state index in [9.17, 15) is 9.59 Å². The molecule has 9 nitrogen and oxygen atoms in total. The molecule has 2 amide bonds. The van der Waals surface area contributed by atoms with Gasteiger partial charge >= 0.3 is 0 Å². The number of carbonyl (C=O) groups excluding carboxylic acids is 2. The number of hydrogen-bond donors (Lipinski definition) is 1. The summed E-state index contributed by atoms with van der Waals surface area (Å²) in [5.41, 5.74) is 2.61. The third kappa shape index (κ3) is 4.82. The molecular formula is C27H29N5O4. The molecule has 1 fully saturated rings. The third-order valence-electron chi connectivity index (χ3n) is 6.23. The van der Waals surface area contributed by atoms with Crippen LogP contribution in [0.4, 0.5) is 5.69 Å². The van der Waals surface area contributed by atoms with Gasteiger partial charge in [0.2, 0.25) is 5.91 Å². The van der Waals surface area contributed by atoms with E-state index in [0.29, 0.717) is 39.7 Å². The lowest BCUT2D eigenvalue weighted by Crippen LogP contribution is -2.37. The van der Waals surface area contributed by atoms with Crippen molar-refractivity contribution in [1.82, 2.24) is 19.7 Å². The Balaban J connectivity index is 1.49. The maximum absolute atomic E-state index is 14.0. The van der Waals surface area contributed by atoms with Crippen LogP contribution in [0.3, 0.4) is 0 Å². The van der Waals surface area contributed by atoms with E-state index >= 15 is 0 Å². The highest BCUT2D eigenvalue weighted by atomic mass is 16.5. The highest BCUT2D eigenvalue weighted by Crippen LogP contribution is 2.40. The number of aromatic nitrogens is 3. The number of benzene rings is 1. The molecule has 3 heterocycles. The maximum atomic E-state index is 14.0. The number of amides is 2. The first-order valence-corrected chi connectivity index (χ1v) is 12.1. The Labute approximate surface area is 209 Å². The van der Waals surface area contributed by atoms with E-state index in [1.807, 2.05) is 36.7 Å². The van der Waals surface area contributed by atoms with Gasteiger partial charge in [-0.2, -0.15) is 5.10 Å². The van der Waals surface area contributed by atoms with Crippen LogP contribution in [0.5, 0.6) is 5.75 Å². The first-order chi connectivity index (χ1) is 17.4. The predicted molar refractivity (Wildman–Crippen MR) is 135 cm³/mol. The zero-order valence-corrected chi connectivity index (χ0v) is 20.6. The Morgan fingerprint density at radius 3 is 2.72 bits per heavy atom. The summed E-state index contributed by atoms with van der Waals surface area (Å²) in [6.07, 6.45) is 5.35. The zero-order valence-electron chi connectivity index (χ0n) is 20.6. The maximum Gasteiger partial charge on any atom is 0.255 e. The lowest BCUT2D eigenvalue weighted by atomic mass is 10.1. The molecule has 0 atom stereocenters. The van der Waals surface area contributed by atoms with Crippen molar-refractivity contribution in [3.05, 3.63) is 71.9 Å². The summed E-state index contributed by atoms with van der Waals surface area (Å²) < 4.78 is 12.7. The summed E-state index contributed by atoms with van der Waals surface area (Å²) in [7, 11) is 1.54. The number of fused-ring (bicyclic) bond motifs is 1. The lowest BCUT2D eigenvalue weighted by molar-refractivity contribution is -0.117. The topological polar surface area (TPSA) is 102 Å². The summed E-state index contributed by atoms with van der Waals surface area (Å²) in [4.78, 5) is 33.4. The molecule has 0 aliphatic heterocycles. The minimum Gasteiger partial charge on any atom is -0.495 e. The molecule has 0 radical (unpaired) electrons. The molecular weight excluding hydrogens is 458 g/mol. The van der Waals surface area contributed by atoms with Crippen LogP contribution in [-0.2, 0) is 11.3 Å². The number of rotatable bonds is 9. The molecule has 1 N–H and O–H groups in total. The van der Waals surface area contributed by atoms with Crippen molar-refractivity contribution in [2.45, 2.75) is 45.2 Å². The van der Waals surface area contributed by atoms with Crippen LogP contribution in [0, 0.1) is 0 Å². The molecule has 0 saturated heterocycles. The molecule has 1 saturated carbocycles. The fraction of sp³-hybridized carbons (Fsp3) is 0.333. The van der Waals surface area contributed by atoms with E-state index in [1.54, 1.807) is 43.8 Å². The number of nitrogens with one attached hydrogen (secondary N) is 1. The van der Waals surface area contributed by atoms with Crippen LogP contribution < -0.4 is 10.1 Å². The third-order valence-corrected chi connectivity index (χ3v) is 6.23. The highest BCUT2D eigenvalue weighted by molar-refractivity contribution is 6.07. The fourth-order valence-electron chi connectivity index (χ4n) is 4.25. The van der Waals surface area contributed by atoms with Gasteiger partial charge in [-0.1, -0.05) is 12.1 Å². The number of carbonyl (C=O) groups is 2. The summed E-state index contributed by atoms with van der Waals surface area (Å²) >= 11 is 0. The second-order valence-corrected chi connectivity index (χ2v) is 9.28. The Morgan fingerprint density at radius 1 is 1.22 bits per heavy atom. The normalized spacial score (nSPS) is 13.2. The summed E-state index contributed by atoms with van der Waals surface area (Å²) in [5.74, 6) is 0.854. The quantitative estimate of drug-likeness (QED) is 0.365. The van der Waals surface area contributed by atoms with E-state index in [-0.39, 0.29) is 30.9 Å². The van der Waals surface area contributed by atoms with Gasteiger partial charge in [0.1, 0.15) is 18.1 Å². The lowest BCUT2D eigenvalue weighted by Gasteiger charge is -2.22. The smallest absolute Gasteiger partial charge is 0.255 e. The van der Waals surface area contributed by atoms with E-state index in [1.165, 1.54) is 4.90 Å². The van der Waals surface area contributed by atoms with Crippen LogP contribution in [0.15, 0.2) is 59.3 Å². The first kappa shape index (κ1) is 23.6. The molecule has 1 aliphatic carbocycles. The molecule has 36 heavy (non-hydrogen) atoms. The Bertz CT molecular complexity index is 1390. The average molecular weight is 488 g/mol. The summed E-state index contributed by atoms with van der Waals surface area (Å²) in [6.45, 7) is 4.04. The largest absolute Gasteiger partial charge is 0.495 e. The number of ether oxygens (including phenoxy) is 1. The monoisotopic (exact) mass is 487 g/mol. The van der Waals surface area contributed by atoms with Gasteiger partial charge in [-0.05, 0) is 57.0 Å². The first-order valence-electron chi connectivity index (χ1n) is 12.1. The Kier molecular flexibility index (Phi) is 6.45. The van der Waals surface area contributed by atoms with Crippen LogP contribution in [0.1, 0.15) is 60.5 Å². The highest BCUT2D eigenvalue weighted by Gasteiger charge is 2.30. The summed E-state index contributed by atoms with van der Waals surface area (Å²) in [6, 6.07) is 12.7. The number of para-hydroxylation sites is 2. The van der Waals surface area contributed by atoms with Gasteiger partial charge in [-0.15, -0.1) is 0 Å². The van der Waals surface area contributed by atoms with Crippen molar-refractivity contribution in [2.75, 3.05) is 19.0 Å². The molecule has 0 unspecified atom stereocenters. The van der Waals surface area contributed by atoms with E-state index in [2.05, 4.69) is 10.4 Å². The van der Waals surface area contributed by atoms with Crippen LogP contribution in [0.25, 0.3) is 11.0 Å². The standard InChI is InChI=1S/C27H29N5O4/c1-17(2)32-26-21(14-28-32)20(13-23(30-26)18-10-11-18)27(34)31(15-19-7-6-12-36-19)16-25(33)29-22-8-4-5-9-24(22)35-3/h4-9,12-14,17-18H,10-11,15-16H2,1-3H3,(H,29,33). The second-order valence-electron chi connectivity index (χ2n) is 9.28. The van der Waals surface area contributed by atoms with Crippen molar-refractivity contribution >= 4 is 28.5 Å². The minimum atomic E-state index is -0.343. The SMILES string of the molecule is COc1ccccc1NC(=O)CN(Cc1ccco1)C(=O)c1cc(C2CC2)nc2c1cnn2C(C)C.